The second-order valence-corrected chi connectivity index (χ2v) is 5.25. The van der Waals surface area contributed by atoms with Gasteiger partial charge in [0.1, 0.15) is 0 Å². The third-order valence-electron chi connectivity index (χ3n) is 2.25. The summed E-state index contributed by atoms with van der Waals surface area (Å²) in [6, 6.07) is 8.45. The van der Waals surface area contributed by atoms with E-state index in [1.807, 2.05) is 6.92 Å². The third-order valence-corrected chi connectivity index (χ3v) is 2.25. The van der Waals surface area contributed by atoms with E-state index < -0.39 is 0 Å². The van der Waals surface area contributed by atoms with Gasteiger partial charge in [0.2, 0.25) is 0 Å². The lowest BCUT2D eigenvalue weighted by Crippen LogP contribution is -2.18. The van der Waals surface area contributed by atoms with Gasteiger partial charge in [-0.25, -0.2) is 0 Å². The molecule has 0 atom stereocenters. The van der Waals surface area contributed by atoms with Crippen LogP contribution in [0.2, 0.25) is 0 Å². The van der Waals surface area contributed by atoms with Crippen LogP contribution in [0.25, 0.3) is 0 Å². The van der Waals surface area contributed by atoms with Crippen molar-refractivity contribution in [2.45, 2.75) is 34.3 Å². The van der Waals surface area contributed by atoms with Crippen molar-refractivity contribution in [1.29, 1.82) is 0 Å². The molecule has 0 saturated carbocycles. The van der Waals surface area contributed by atoms with Crippen LogP contribution >= 0.6 is 0 Å². The lowest BCUT2D eigenvalue weighted by Gasteiger charge is -2.19. The van der Waals surface area contributed by atoms with Crippen LogP contribution in [-0.4, -0.2) is 13.2 Å². The highest BCUT2D eigenvalue weighted by Gasteiger charge is 2.08. The Labute approximate surface area is 99.0 Å². The quantitative estimate of drug-likeness (QED) is 0.819. The number of hydrogen-bond acceptors (Lipinski definition) is 2. The molecule has 1 rings (SSSR count). The number of anilines is 1. The van der Waals surface area contributed by atoms with Gasteiger partial charge in [-0.2, -0.15) is 0 Å². The molecule has 2 heteroatoms. The first-order valence-electron chi connectivity index (χ1n) is 5.92. The van der Waals surface area contributed by atoms with E-state index in [1.165, 1.54) is 11.3 Å². The highest BCUT2D eigenvalue weighted by Crippen LogP contribution is 2.16. The molecular formula is C14H23NO. The van der Waals surface area contributed by atoms with Gasteiger partial charge in [-0.15, -0.1) is 0 Å². The van der Waals surface area contributed by atoms with Crippen molar-refractivity contribution in [3.8, 4) is 0 Å². The number of nitrogens with one attached hydrogen (secondary N) is 1. The van der Waals surface area contributed by atoms with E-state index in [0.717, 1.165) is 13.2 Å². The first-order chi connectivity index (χ1) is 7.51. The summed E-state index contributed by atoms with van der Waals surface area (Å²) in [7, 11) is 0. The zero-order valence-corrected chi connectivity index (χ0v) is 10.8. The van der Waals surface area contributed by atoms with Gasteiger partial charge in [0.15, 0.2) is 0 Å². The SMILES string of the molecule is CCOCc1ccc(NCC(C)(C)C)cc1. The molecule has 2 nitrogen and oxygen atoms in total. The lowest BCUT2D eigenvalue weighted by molar-refractivity contribution is 0.134. The van der Waals surface area contributed by atoms with E-state index in [0.29, 0.717) is 12.0 Å². The molecule has 0 fully saturated rings. The highest BCUT2D eigenvalue weighted by atomic mass is 16.5. The average molecular weight is 221 g/mol. The number of ether oxygens (including phenoxy) is 1. The summed E-state index contributed by atoms with van der Waals surface area (Å²) < 4.78 is 5.35. The van der Waals surface area contributed by atoms with Gasteiger partial charge in [0, 0.05) is 18.8 Å². The van der Waals surface area contributed by atoms with Gasteiger partial charge in [0.05, 0.1) is 6.61 Å². The van der Waals surface area contributed by atoms with Gasteiger partial charge in [0.25, 0.3) is 0 Å². The maximum atomic E-state index is 5.35. The van der Waals surface area contributed by atoms with E-state index in [2.05, 4.69) is 50.4 Å². The topological polar surface area (TPSA) is 21.3 Å². The molecule has 0 bridgehead atoms. The first-order valence-corrected chi connectivity index (χ1v) is 5.92. The van der Waals surface area contributed by atoms with Gasteiger partial charge in [-0.3, -0.25) is 0 Å². The number of rotatable bonds is 5. The lowest BCUT2D eigenvalue weighted by atomic mass is 9.97. The molecule has 90 valence electrons. The molecule has 1 aromatic rings. The van der Waals surface area contributed by atoms with Gasteiger partial charge in [-0.1, -0.05) is 32.9 Å². The van der Waals surface area contributed by atoms with Crippen molar-refractivity contribution in [1.82, 2.24) is 0 Å². The summed E-state index contributed by atoms with van der Waals surface area (Å²) in [6.07, 6.45) is 0. The number of benzene rings is 1. The van der Waals surface area contributed by atoms with Crippen LogP contribution in [0.4, 0.5) is 5.69 Å². The predicted molar refractivity (Wildman–Crippen MR) is 69.7 cm³/mol. The third kappa shape index (κ3) is 5.17. The molecule has 1 aromatic carbocycles. The second kappa shape index (κ2) is 5.90. The molecule has 0 aliphatic carbocycles. The van der Waals surface area contributed by atoms with Crippen molar-refractivity contribution in [2.75, 3.05) is 18.5 Å². The fourth-order valence-corrected chi connectivity index (χ4v) is 1.31. The molecule has 1 N–H and O–H groups in total. The molecule has 16 heavy (non-hydrogen) atoms. The Bertz CT molecular complexity index is 298. The molecule has 0 aliphatic rings. The van der Waals surface area contributed by atoms with Crippen LogP contribution in [0.15, 0.2) is 24.3 Å². The fraction of sp³-hybridized carbons (Fsp3) is 0.571. The Morgan fingerprint density at radius 1 is 1.12 bits per heavy atom. The summed E-state index contributed by atoms with van der Waals surface area (Å²) >= 11 is 0. The van der Waals surface area contributed by atoms with Crippen LogP contribution in [0.1, 0.15) is 33.3 Å². The predicted octanol–water partition coefficient (Wildman–Crippen LogP) is 3.68. The monoisotopic (exact) mass is 221 g/mol. The van der Waals surface area contributed by atoms with E-state index in [4.69, 9.17) is 4.74 Å². The minimum Gasteiger partial charge on any atom is -0.385 e. The average Bonchev–Trinajstić information content (AvgIpc) is 2.24. The summed E-state index contributed by atoms with van der Waals surface area (Å²) in [5, 5.41) is 3.43. The smallest absolute Gasteiger partial charge is 0.0716 e. The van der Waals surface area contributed by atoms with E-state index in [1.54, 1.807) is 0 Å². The van der Waals surface area contributed by atoms with Crippen LogP contribution in [0.3, 0.4) is 0 Å². The van der Waals surface area contributed by atoms with Crippen LogP contribution in [-0.2, 0) is 11.3 Å². The molecular weight excluding hydrogens is 198 g/mol. The Morgan fingerprint density at radius 2 is 1.75 bits per heavy atom. The zero-order valence-electron chi connectivity index (χ0n) is 10.8. The highest BCUT2D eigenvalue weighted by molar-refractivity contribution is 5.44. The van der Waals surface area contributed by atoms with Crippen LogP contribution in [0.5, 0.6) is 0 Å². The van der Waals surface area contributed by atoms with Gasteiger partial charge >= 0.3 is 0 Å². The second-order valence-electron chi connectivity index (χ2n) is 5.25. The standard InChI is InChI=1S/C14H23NO/c1-5-16-10-12-6-8-13(9-7-12)15-11-14(2,3)4/h6-9,15H,5,10-11H2,1-4H3. The minimum atomic E-state index is 0.310. The molecule has 0 amide bonds. The van der Waals surface area contributed by atoms with Crippen molar-refractivity contribution in [2.24, 2.45) is 5.41 Å². The Balaban J connectivity index is 2.45. The maximum Gasteiger partial charge on any atom is 0.0716 e. The van der Waals surface area contributed by atoms with Crippen molar-refractivity contribution < 1.29 is 4.74 Å². The van der Waals surface area contributed by atoms with Crippen molar-refractivity contribution in [3.63, 3.8) is 0 Å². The Hall–Kier alpha value is -1.02. The summed E-state index contributed by atoms with van der Waals surface area (Å²) in [4.78, 5) is 0. The number of hydrogen-bond donors (Lipinski definition) is 1. The molecule has 0 saturated heterocycles. The Kier molecular flexibility index (Phi) is 4.81. The Morgan fingerprint density at radius 3 is 2.25 bits per heavy atom. The maximum absolute atomic E-state index is 5.35. The normalized spacial score (nSPS) is 11.5. The first kappa shape index (κ1) is 13.0. The summed E-state index contributed by atoms with van der Waals surface area (Å²) in [5.41, 5.74) is 2.71. The molecule has 0 spiro atoms. The minimum absolute atomic E-state index is 0.310. The van der Waals surface area contributed by atoms with Crippen LogP contribution in [0, 0.1) is 5.41 Å². The molecule has 0 unspecified atom stereocenters. The van der Waals surface area contributed by atoms with Crippen molar-refractivity contribution in [3.05, 3.63) is 29.8 Å². The van der Waals surface area contributed by atoms with E-state index in [9.17, 15) is 0 Å². The molecule has 0 radical (unpaired) electrons. The van der Waals surface area contributed by atoms with Gasteiger partial charge < -0.3 is 10.1 Å². The summed E-state index contributed by atoms with van der Waals surface area (Å²) in [6.45, 7) is 11.1. The molecule has 0 aliphatic heterocycles. The fourth-order valence-electron chi connectivity index (χ4n) is 1.31. The van der Waals surface area contributed by atoms with E-state index in [-0.39, 0.29) is 0 Å². The van der Waals surface area contributed by atoms with E-state index >= 15 is 0 Å². The van der Waals surface area contributed by atoms with Crippen LogP contribution < -0.4 is 5.32 Å². The summed E-state index contributed by atoms with van der Waals surface area (Å²) in [5.74, 6) is 0. The largest absolute Gasteiger partial charge is 0.385 e. The zero-order chi connectivity index (χ0) is 12.0. The molecule has 0 heterocycles. The molecule has 0 aromatic heterocycles. The van der Waals surface area contributed by atoms with Crippen molar-refractivity contribution >= 4 is 5.69 Å². The van der Waals surface area contributed by atoms with Gasteiger partial charge in [-0.05, 0) is 30.0 Å².